The van der Waals surface area contributed by atoms with Crippen LogP contribution in [0.4, 0.5) is 4.39 Å². The molecule has 0 aliphatic heterocycles. The number of hydrogen-bond acceptors (Lipinski definition) is 0. The Hall–Kier alpha value is -0.560. The highest BCUT2D eigenvalue weighted by atomic mass is 35.5. The number of hydrogen-bond donors (Lipinski definition) is 0. The molecule has 1 rings (SSSR count). The van der Waals surface area contributed by atoms with Crippen molar-refractivity contribution in [1.82, 2.24) is 0 Å². The van der Waals surface area contributed by atoms with Gasteiger partial charge >= 0.3 is 0 Å². The fraction of sp³-hybridized carbons (Fsp3) is 0.143. The third-order valence-corrected chi connectivity index (χ3v) is 1.54. The molecule has 0 heterocycles. The predicted octanol–water partition coefficient (Wildman–Crippen LogP) is 2.59. The van der Waals surface area contributed by atoms with Gasteiger partial charge in [-0.05, 0) is 30.7 Å². The van der Waals surface area contributed by atoms with Gasteiger partial charge in [0.1, 0.15) is 5.82 Å². The molecule has 0 aromatic heterocycles. The van der Waals surface area contributed by atoms with Gasteiger partial charge in [0.25, 0.3) is 0 Å². The van der Waals surface area contributed by atoms with Gasteiger partial charge in [-0.2, -0.15) is 0 Å². The van der Waals surface area contributed by atoms with Crippen molar-refractivity contribution in [2.24, 2.45) is 0 Å². The maximum absolute atomic E-state index is 12.4. The summed E-state index contributed by atoms with van der Waals surface area (Å²) in [5, 5.41) is 0.189. The van der Waals surface area contributed by atoms with Crippen molar-refractivity contribution in [3.63, 3.8) is 0 Å². The summed E-state index contributed by atoms with van der Waals surface area (Å²) < 4.78 is 12.4. The lowest BCUT2D eigenvalue weighted by Crippen LogP contribution is -1.79. The fourth-order valence-electron chi connectivity index (χ4n) is 0.555. The van der Waals surface area contributed by atoms with Gasteiger partial charge in [-0.15, -0.1) is 0 Å². The second-order valence-electron chi connectivity index (χ2n) is 1.80. The minimum Gasteiger partial charge on any atom is -0.205 e. The van der Waals surface area contributed by atoms with Crippen molar-refractivity contribution in [2.45, 2.75) is 6.92 Å². The van der Waals surface area contributed by atoms with Crippen LogP contribution in [0.5, 0.6) is 0 Å². The molecule has 0 spiro atoms. The minimum atomic E-state index is -0.406. The smallest absolute Gasteiger partial charge is 0.142 e. The molecule has 0 bridgehead atoms. The van der Waals surface area contributed by atoms with Gasteiger partial charge in [-0.3, -0.25) is 0 Å². The Morgan fingerprint density at radius 3 is 2.67 bits per heavy atom. The Kier molecular flexibility index (Phi) is 1.72. The monoisotopic (exact) mass is 143 g/mol. The van der Waals surface area contributed by atoms with E-state index in [1.165, 1.54) is 6.07 Å². The van der Waals surface area contributed by atoms with Gasteiger partial charge in [0.15, 0.2) is 0 Å². The second-order valence-corrected chi connectivity index (χ2v) is 2.18. The molecule has 1 aromatic carbocycles. The van der Waals surface area contributed by atoms with Crippen molar-refractivity contribution in [3.8, 4) is 0 Å². The van der Waals surface area contributed by atoms with E-state index in [0.29, 0.717) is 0 Å². The lowest BCUT2D eigenvalue weighted by molar-refractivity contribution is 0.627. The van der Waals surface area contributed by atoms with Crippen LogP contribution in [0.1, 0.15) is 5.56 Å². The maximum atomic E-state index is 12.4. The Balaban J connectivity index is 3.25. The molecule has 9 heavy (non-hydrogen) atoms. The molecule has 2 heteroatoms. The summed E-state index contributed by atoms with van der Waals surface area (Å²) >= 11 is 5.48. The zero-order chi connectivity index (χ0) is 6.85. The first kappa shape index (κ1) is 6.56. The van der Waals surface area contributed by atoms with E-state index in [4.69, 9.17) is 11.6 Å². The van der Waals surface area contributed by atoms with E-state index in [-0.39, 0.29) is 5.02 Å². The van der Waals surface area contributed by atoms with Crippen LogP contribution < -0.4 is 0 Å². The average Bonchev–Trinajstić information content (AvgIpc) is 1.83. The van der Waals surface area contributed by atoms with Crippen LogP contribution in [0.25, 0.3) is 0 Å². The van der Waals surface area contributed by atoms with Crippen LogP contribution in [-0.4, -0.2) is 0 Å². The number of rotatable bonds is 0. The third-order valence-electron chi connectivity index (χ3n) is 1.07. The average molecular weight is 144 g/mol. The summed E-state index contributed by atoms with van der Waals surface area (Å²) in [5.74, 6) is -0.406. The highest BCUT2D eigenvalue weighted by Gasteiger charge is 1.98. The van der Waals surface area contributed by atoms with E-state index in [0.717, 1.165) is 5.56 Å². The Morgan fingerprint density at radius 2 is 2.22 bits per heavy atom. The van der Waals surface area contributed by atoms with Gasteiger partial charge in [0, 0.05) is 0 Å². The van der Waals surface area contributed by atoms with E-state index < -0.39 is 5.82 Å². The summed E-state index contributed by atoms with van der Waals surface area (Å²) in [4.78, 5) is 0. The second kappa shape index (κ2) is 2.36. The molecule has 0 unspecified atom stereocenters. The first-order valence-corrected chi connectivity index (χ1v) is 2.91. The molecular formula is C7H5ClF. The van der Waals surface area contributed by atoms with Gasteiger partial charge in [-0.1, -0.05) is 11.6 Å². The van der Waals surface area contributed by atoms with E-state index in [1.807, 2.05) is 0 Å². The zero-order valence-electron chi connectivity index (χ0n) is 4.91. The quantitative estimate of drug-likeness (QED) is 0.524. The van der Waals surface area contributed by atoms with Crippen LogP contribution in [-0.2, 0) is 0 Å². The lowest BCUT2D eigenvalue weighted by atomic mass is 10.2. The first-order valence-electron chi connectivity index (χ1n) is 2.53. The molecule has 0 aliphatic carbocycles. The van der Waals surface area contributed by atoms with Crippen molar-refractivity contribution in [1.29, 1.82) is 0 Å². The largest absolute Gasteiger partial charge is 0.205 e. The Labute approximate surface area is 58.3 Å². The molecular weight excluding hydrogens is 139 g/mol. The normalized spacial score (nSPS) is 9.67. The third kappa shape index (κ3) is 1.22. The first-order chi connectivity index (χ1) is 4.22. The molecule has 0 N–H and O–H groups in total. The van der Waals surface area contributed by atoms with Crippen molar-refractivity contribution in [2.75, 3.05) is 0 Å². The van der Waals surface area contributed by atoms with Crippen molar-refractivity contribution < 1.29 is 4.39 Å². The van der Waals surface area contributed by atoms with Crippen molar-refractivity contribution in [3.05, 3.63) is 34.6 Å². The van der Waals surface area contributed by atoms with E-state index in [1.54, 1.807) is 13.0 Å². The van der Waals surface area contributed by atoms with Gasteiger partial charge in [-0.25, -0.2) is 4.39 Å². The molecule has 0 atom stereocenters. The Morgan fingerprint density at radius 1 is 1.56 bits per heavy atom. The summed E-state index contributed by atoms with van der Waals surface area (Å²) in [7, 11) is 0. The van der Waals surface area contributed by atoms with Crippen LogP contribution in [0, 0.1) is 18.8 Å². The van der Waals surface area contributed by atoms with Crippen LogP contribution >= 0.6 is 11.6 Å². The number of benzene rings is 1. The Bertz CT molecular complexity index is 200. The molecule has 1 aromatic rings. The van der Waals surface area contributed by atoms with Crippen LogP contribution in [0.3, 0.4) is 0 Å². The molecule has 0 fully saturated rings. The lowest BCUT2D eigenvalue weighted by Gasteiger charge is -1.94. The number of aryl methyl sites for hydroxylation is 1. The molecule has 0 nitrogen and oxygen atoms in total. The molecule has 0 saturated heterocycles. The van der Waals surface area contributed by atoms with Gasteiger partial charge < -0.3 is 0 Å². The van der Waals surface area contributed by atoms with Crippen LogP contribution in [0.2, 0.25) is 5.02 Å². The van der Waals surface area contributed by atoms with Crippen molar-refractivity contribution >= 4 is 11.6 Å². The van der Waals surface area contributed by atoms with E-state index >= 15 is 0 Å². The highest BCUT2D eigenvalue weighted by molar-refractivity contribution is 6.31. The summed E-state index contributed by atoms with van der Waals surface area (Å²) in [6.45, 7) is 1.74. The topological polar surface area (TPSA) is 0 Å². The molecule has 1 radical (unpaired) electrons. The molecule has 47 valence electrons. The summed E-state index contributed by atoms with van der Waals surface area (Å²) in [5.41, 5.74) is 0.719. The van der Waals surface area contributed by atoms with E-state index in [2.05, 4.69) is 6.07 Å². The molecule has 0 amide bonds. The SMILES string of the molecule is Cc1c[c]cc(F)c1Cl. The number of halogens is 2. The standard InChI is InChI=1S/C7H5ClF/c1-5-3-2-4-6(9)7(5)8/h3-4H,1H3. The van der Waals surface area contributed by atoms with Crippen LogP contribution in [0.15, 0.2) is 12.1 Å². The van der Waals surface area contributed by atoms with E-state index in [9.17, 15) is 4.39 Å². The zero-order valence-corrected chi connectivity index (χ0v) is 5.67. The summed E-state index contributed by atoms with van der Waals surface area (Å²) in [6.07, 6.45) is 0. The summed E-state index contributed by atoms with van der Waals surface area (Å²) in [6, 6.07) is 5.47. The molecule has 0 saturated carbocycles. The molecule has 0 aliphatic rings. The predicted molar refractivity (Wildman–Crippen MR) is 35.0 cm³/mol. The highest BCUT2D eigenvalue weighted by Crippen LogP contribution is 2.17. The fourth-order valence-corrected chi connectivity index (χ4v) is 0.664. The maximum Gasteiger partial charge on any atom is 0.142 e. The van der Waals surface area contributed by atoms with Gasteiger partial charge in [0.2, 0.25) is 0 Å². The van der Waals surface area contributed by atoms with Gasteiger partial charge in [0.05, 0.1) is 5.02 Å². The minimum absolute atomic E-state index is 0.189.